The van der Waals surface area contributed by atoms with Crippen molar-refractivity contribution in [1.82, 2.24) is 0 Å². The van der Waals surface area contributed by atoms with E-state index in [1.807, 2.05) is 60.7 Å². The summed E-state index contributed by atoms with van der Waals surface area (Å²) >= 11 is 0. The fraction of sp³-hybridized carbons (Fsp3) is 0.208. The molecule has 0 bridgehead atoms. The van der Waals surface area contributed by atoms with Crippen LogP contribution in [0.4, 0.5) is 0 Å². The molecule has 0 aromatic heterocycles. The van der Waals surface area contributed by atoms with Crippen LogP contribution in [0.2, 0.25) is 0 Å². The number of hydrogen-bond acceptors (Lipinski definition) is 4. The molecule has 0 aliphatic carbocycles. The molecule has 0 amide bonds. The van der Waals surface area contributed by atoms with E-state index < -0.39 is 0 Å². The summed E-state index contributed by atoms with van der Waals surface area (Å²) in [6.07, 6.45) is 1.45. The zero-order chi connectivity index (χ0) is 19.6. The number of benzene rings is 3. The van der Waals surface area contributed by atoms with Gasteiger partial charge in [-0.15, -0.1) is 0 Å². The third kappa shape index (κ3) is 5.35. The lowest BCUT2D eigenvalue weighted by atomic mass is 10.0. The molecule has 0 spiro atoms. The van der Waals surface area contributed by atoms with Gasteiger partial charge in [-0.25, -0.2) is 0 Å². The van der Waals surface area contributed by atoms with Crippen LogP contribution in [0.3, 0.4) is 0 Å². The lowest BCUT2D eigenvalue weighted by Gasteiger charge is -2.13. The molecule has 4 nitrogen and oxygen atoms in total. The number of aliphatic hydroxyl groups excluding tert-OH is 1. The third-order valence-electron chi connectivity index (χ3n) is 4.31. The van der Waals surface area contributed by atoms with E-state index in [1.54, 1.807) is 12.1 Å². The van der Waals surface area contributed by atoms with Gasteiger partial charge in [0.2, 0.25) is 0 Å². The molecule has 0 unspecified atom stereocenters. The number of unbranched alkanes of at least 4 members (excludes halogenated alkanes) is 1. The van der Waals surface area contributed by atoms with Crippen LogP contribution in [-0.2, 0) is 6.61 Å². The summed E-state index contributed by atoms with van der Waals surface area (Å²) in [6, 6.07) is 25.5. The van der Waals surface area contributed by atoms with Gasteiger partial charge >= 0.3 is 0 Å². The van der Waals surface area contributed by atoms with Gasteiger partial charge in [-0.3, -0.25) is 0 Å². The molecule has 0 aliphatic heterocycles. The monoisotopic (exact) mass is 373 g/mol. The van der Waals surface area contributed by atoms with Crippen LogP contribution in [-0.4, -0.2) is 18.3 Å². The molecule has 0 radical (unpaired) electrons. The number of nitriles is 1. The molecule has 1 N–H and O–H groups in total. The first-order valence-corrected chi connectivity index (χ1v) is 9.35. The Balaban J connectivity index is 1.79. The van der Waals surface area contributed by atoms with Gasteiger partial charge in [-0.1, -0.05) is 42.5 Å². The SMILES string of the molecule is N#Cc1ccc(-c2cccc(OCc3ccccc3)c2)c(OCCCCO)c1. The normalized spacial score (nSPS) is 10.3. The van der Waals surface area contributed by atoms with Gasteiger partial charge < -0.3 is 14.6 Å². The van der Waals surface area contributed by atoms with E-state index in [4.69, 9.17) is 14.6 Å². The summed E-state index contributed by atoms with van der Waals surface area (Å²) in [7, 11) is 0. The topological polar surface area (TPSA) is 62.5 Å². The van der Waals surface area contributed by atoms with Crippen LogP contribution in [0.5, 0.6) is 11.5 Å². The van der Waals surface area contributed by atoms with Crippen molar-refractivity contribution in [3.8, 4) is 28.7 Å². The molecule has 3 rings (SSSR count). The summed E-state index contributed by atoms with van der Waals surface area (Å²) in [5, 5.41) is 18.1. The number of rotatable bonds is 9. The zero-order valence-corrected chi connectivity index (χ0v) is 15.7. The molecule has 0 saturated heterocycles. The predicted molar refractivity (Wildman–Crippen MR) is 109 cm³/mol. The Morgan fingerprint density at radius 2 is 1.71 bits per heavy atom. The van der Waals surface area contributed by atoms with Crippen LogP contribution in [0, 0.1) is 11.3 Å². The molecule has 3 aromatic rings. The fourth-order valence-electron chi connectivity index (χ4n) is 2.84. The minimum atomic E-state index is 0.148. The van der Waals surface area contributed by atoms with Gasteiger partial charge in [-0.2, -0.15) is 5.26 Å². The molecule has 4 heteroatoms. The maximum atomic E-state index is 9.20. The first-order chi connectivity index (χ1) is 13.8. The molecule has 142 valence electrons. The van der Waals surface area contributed by atoms with Crippen molar-refractivity contribution >= 4 is 0 Å². The van der Waals surface area contributed by atoms with Gasteiger partial charge in [0.15, 0.2) is 0 Å². The lowest BCUT2D eigenvalue weighted by molar-refractivity contribution is 0.253. The summed E-state index contributed by atoms with van der Waals surface area (Å²) in [5.74, 6) is 1.44. The Kier molecular flexibility index (Phi) is 7.06. The van der Waals surface area contributed by atoms with Gasteiger partial charge in [-0.05, 0) is 54.3 Å². The van der Waals surface area contributed by atoms with Crippen molar-refractivity contribution in [2.75, 3.05) is 13.2 Å². The van der Waals surface area contributed by atoms with E-state index in [0.717, 1.165) is 28.9 Å². The second kappa shape index (κ2) is 10.1. The minimum Gasteiger partial charge on any atom is -0.493 e. The van der Waals surface area contributed by atoms with Crippen LogP contribution in [0.1, 0.15) is 24.0 Å². The smallest absolute Gasteiger partial charge is 0.128 e. The van der Waals surface area contributed by atoms with Crippen molar-refractivity contribution in [1.29, 1.82) is 5.26 Å². The van der Waals surface area contributed by atoms with Gasteiger partial charge in [0, 0.05) is 12.2 Å². The number of hydrogen-bond donors (Lipinski definition) is 1. The standard InChI is InChI=1S/C24H23NO3/c25-17-20-11-12-23(24(15-20)27-14-5-4-13-26)21-9-6-10-22(16-21)28-18-19-7-2-1-3-8-19/h1-3,6-12,15-16,26H,4-5,13-14,18H2. The molecule has 28 heavy (non-hydrogen) atoms. The molecular formula is C24H23NO3. The average molecular weight is 373 g/mol. The number of aliphatic hydroxyl groups is 1. The Bertz CT molecular complexity index is 932. The van der Waals surface area contributed by atoms with Crippen molar-refractivity contribution in [2.45, 2.75) is 19.4 Å². The Hall–Kier alpha value is -3.29. The van der Waals surface area contributed by atoms with Crippen molar-refractivity contribution < 1.29 is 14.6 Å². The molecule has 0 heterocycles. The first-order valence-electron chi connectivity index (χ1n) is 9.35. The quantitative estimate of drug-likeness (QED) is 0.539. The summed E-state index contributed by atoms with van der Waals surface area (Å²) < 4.78 is 11.8. The predicted octanol–water partition coefficient (Wildman–Crippen LogP) is 4.96. The van der Waals surface area contributed by atoms with Crippen molar-refractivity contribution in [3.63, 3.8) is 0 Å². The maximum Gasteiger partial charge on any atom is 0.128 e. The van der Waals surface area contributed by atoms with E-state index >= 15 is 0 Å². The van der Waals surface area contributed by atoms with Crippen LogP contribution in [0.15, 0.2) is 72.8 Å². The summed E-state index contributed by atoms with van der Waals surface area (Å²) in [6.45, 7) is 1.14. The van der Waals surface area contributed by atoms with E-state index in [0.29, 0.717) is 30.9 Å². The highest BCUT2D eigenvalue weighted by atomic mass is 16.5. The highest BCUT2D eigenvalue weighted by molar-refractivity contribution is 5.72. The lowest BCUT2D eigenvalue weighted by Crippen LogP contribution is -2.00. The molecule has 0 atom stereocenters. The van der Waals surface area contributed by atoms with Gasteiger partial charge in [0.1, 0.15) is 18.1 Å². The van der Waals surface area contributed by atoms with Crippen LogP contribution >= 0.6 is 0 Å². The van der Waals surface area contributed by atoms with Gasteiger partial charge in [0.25, 0.3) is 0 Å². The fourth-order valence-corrected chi connectivity index (χ4v) is 2.84. The van der Waals surface area contributed by atoms with Crippen molar-refractivity contribution in [3.05, 3.63) is 83.9 Å². The Morgan fingerprint density at radius 1 is 0.857 bits per heavy atom. The zero-order valence-electron chi connectivity index (χ0n) is 15.7. The largest absolute Gasteiger partial charge is 0.493 e. The van der Waals surface area contributed by atoms with Crippen LogP contribution < -0.4 is 9.47 Å². The van der Waals surface area contributed by atoms with Gasteiger partial charge in [0.05, 0.1) is 18.2 Å². The van der Waals surface area contributed by atoms with E-state index in [1.165, 1.54) is 0 Å². The Morgan fingerprint density at radius 3 is 2.50 bits per heavy atom. The Labute approximate surface area is 165 Å². The second-order valence-corrected chi connectivity index (χ2v) is 6.40. The highest BCUT2D eigenvalue weighted by Crippen LogP contribution is 2.33. The molecule has 0 aliphatic rings. The van der Waals surface area contributed by atoms with E-state index in [9.17, 15) is 5.26 Å². The minimum absolute atomic E-state index is 0.148. The highest BCUT2D eigenvalue weighted by Gasteiger charge is 2.09. The molecule has 3 aromatic carbocycles. The maximum absolute atomic E-state index is 9.20. The number of nitrogens with zero attached hydrogens (tertiary/aromatic N) is 1. The first kappa shape index (κ1) is 19.5. The summed E-state index contributed by atoms with van der Waals surface area (Å²) in [4.78, 5) is 0. The van der Waals surface area contributed by atoms with E-state index in [-0.39, 0.29) is 6.61 Å². The molecule has 0 saturated carbocycles. The average Bonchev–Trinajstić information content (AvgIpc) is 2.76. The molecule has 0 fully saturated rings. The van der Waals surface area contributed by atoms with E-state index in [2.05, 4.69) is 6.07 Å². The second-order valence-electron chi connectivity index (χ2n) is 6.40. The third-order valence-corrected chi connectivity index (χ3v) is 4.31. The molecular weight excluding hydrogens is 350 g/mol. The van der Waals surface area contributed by atoms with Crippen LogP contribution in [0.25, 0.3) is 11.1 Å². The number of ether oxygens (including phenoxy) is 2. The van der Waals surface area contributed by atoms with Crippen molar-refractivity contribution in [2.24, 2.45) is 0 Å². The summed E-state index contributed by atoms with van der Waals surface area (Å²) in [5.41, 5.74) is 3.54.